The van der Waals surface area contributed by atoms with Crippen molar-refractivity contribution in [2.45, 2.75) is 20.3 Å². The number of nitrogens with zero attached hydrogens (tertiary/aromatic N) is 4. The van der Waals surface area contributed by atoms with Gasteiger partial charge in [-0.25, -0.2) is 4.98 Å². The van der Waals surface area contributed by atoms with Gasteiger partial charge in [-0.1, -0.05) is 5.16 Å². The summed E-state index contributed by atoms with van der Waals surface area (Å²) >= 11 is 0. The number of hydrogen-bond donors (Lipinski definition) is 3. The maximum Gasteiger partial charge on any atom is 0.229 e. The summed E-state index contributed by atoms with van der Waals surface area (Å²) in [5, 5.41) is 19.3. The van der Waals surface area contributed by atoms with Crippen LogP contribution in [0.3, 0.4) is 0 Å². The molecule has 0 atom stereocenters. The number of allylic oxidation sites excluding steroid dienone is 1. The zero-order valence-corrected chi connectivity index (χ0v) is 17.6. The topological polar surface area (TPSA) is 94.9 Å². The van der Waals surface area contributed by atoms with Gasteiger partial charge in [0.05, 0.1) is 12.8 Å². The summed E-state index contributed by atoms with van der Waals surface area (Å²) in [5.41, 5.74) is 5.44. The van der Waals surface area contributed by atoms with Crippen LogP contribution in [-0.2, 0) is 0 Å². The summed E-state index contributed by atoms with van der Waals surface area (Å²) in [6.45, 7) is 5.50. The molecule has 1 fully saturated rings. The SMILES string of the molecule is CNc1cc(C)nc(Nc2ccc(OC)c(/C(C)=C3\CCN(C)C\C3=N\O)c2)n1. The second kappa shape index (κ2) is 8.91. The Hall–Kier alpha value is -3.13. The minimum absolute atomic E-state index is 0.521. The Labute approximate surface area is 171 Å². The lowest BCUT2D eigenvalue weighted by Crippen LogP contribution is -2.34. The molecule has 0 amide bonds. The molecule has 1 aliphatic heterocycles. The summed E-state index contributed by atoms with van der Waals surface area (Å²) in [5.74, 6) is 2.03. The van der Waals surface area contributed by atoms with Crippen LogP contribution in [0.5, 0.6) is 5.75 Å². The van der Waals surface area contributed by atoms with Gasteiger partial charge in [0.1, 0.15) is 11.6 Å². The Kier molecular flexibility index (Phi) is 6.33. The number of aryl methyl sites for hydroxylation is 1. The summed E-state index contributed by atoms with van der Waals surface area (Å²) in [6.07, 6.45) is 0.815. The fourth-order valence-corrected chi connectivity index (χ4v) is 3.50. The van der Waals surface area contributed by atoms with E-state index in [-0.39, 0.29) is 0 Å². The van der Waals surface area contributed by atoms with Gasteiger partial charge in [-0.2, -0.15) is 4.98 Å². The molecule has 1 aromatic heterocycles. The minimum Gasteiger partial charge on any atom is -0.496 e. The number of ether oxygens (including phenoxy) is 1. The first-order valence-electron chi connectivity index (χ1n) is 9.53. The first kappa shape index (κ1) is 20.6. The van der Waals surface area contributed by atoms with Crippen molar-refractivity contribution in [2.24, 2.45) is 5.16 Å². The molecule has 0 aliphatic carbocycles. The van der Waals surface area contributed by atoms with Gasteiger partial charge in [-0.3, -0.25) is 0 Å². The molecular weight excluding hydrogens is 368 g/mol. The number of hydrogen-bond acceptors (Lipinski definition) is 8. The molecule has 0 bridgehead atoms. The number of benzene rings is 1. The van der Waals surface area contributed by atoms with Crippen LogP contribution in [-0.4, -0.2) is 60.1 Å². The summed E-state index contributed by atoms with van der Waals surface area (Å²) in [4.78, 5) is 11.0. The minimum atomic E-state index is 0.521. The van der Waals surface area contributed by atoms with Crippen LogP contribution < -0.4 is 15.4 Å². The predicted octanol–water partition coefficient (Wildman–Crippen LogP) is 3.52. The Morgan fingerprint density at radius 2 is 2.07 bits per heavy atom. The standard InChI is InChI=1S/C21H28N6O2/c1-13-10-20(22-3)25-21(23-13)24-15-6-7-19(29-5)17(11-15)14(2)16-8-9-27(4)12-18(16)26-28/h6-7,10-11,28H,8-9,12H2,1-5H3,(H2,22,23,24,25)/b16-14+,26-18-. The van der Waals surface area contributed by atoms with Crippen molar-refractivity contribution in [3.8, 4) is 5.75 Å². The molecule has 154 valence electrons. The van der Waals surface area contributed by atoms with E-state index in [4.69, 9.17) is 4.74 Å². The van der Waals surface area contributed by atoms with Gasteiger partial charge in [0.2, 0.25) is 5.95 Å². The lowest BCUT2D eigenvalue weighted by atomic mass is 9.92. The van der Waals surface area contributed by atoms with E-state index in [2.05, 4.69) is 30.7 Å². The molecular formula is C21H28N6O2. The average molecular weight is 396 g/mol. The average Bonchev–Trinajstić information content (AvgIpc) is 2.72. The second-order valence-electron chi connectivity index (χ2n) is 7.15. The van der Waals surface area contributed by atoms with Gasteiger partial charge in [-0.15, -0.1) is 0 Å². The number of nitrogens with one attached hydrogen (secondary N) is 2. The number of piperidine rings is 1. The van der Waals surface area contributed by atoms with E-state index in [0.717, 1.165) is 52.6 Å². The van der Waals surface area contributed by atoms with Gasteiger partial charge in [0, 0.05) is 43.1 Å². The normalized spacial score (nSPS) is 17.9. The lowest BCUT2D eigenvalue weighted by molar-refractivity contribution is 0.306. The van der Waals surface area contributed by atoms with Crippen molar-refractivity contribution >= 4 is 28.7 Å². The van der Waals surface area contributed by atoms with Crippen molar-refractivity contribution in [3.63, 3.8) is 0 Å². The number of aromatic nitrogens is 2. The molecule has 3 rings (SSSR count). The molecule has 1 aliphatic rings. The van der Waals surface area contributed by atoms with Crippen molar-refractivity contribution in [1.29, 1.82) is 0 Å². The predicted molar refractivity (Wildman–Crippen MR) is 117 cm³/mol. The van der Waals surface area contributed by atoms with E-state index in [1.165, 1.54) is 0 Å². The zero-order chi connectivity index (χ0) is 21.0. The molecule has 1 saturated heterocycles. The van der Waals surface area contributed by atoms with Crippen LogP contribution in [0.15, 0.2) is 35.0 Å². The van der Waals surface area contributed by atoms with Gasteiger partial charge >= 0.3 is 0 Å². The van der Waals surface area contributed by atoms with Crippen LogP contribution in [0, 0.1) is 6.92 Å². The highest BCUT2D eigenvalue weighted by Gasteiger charge is 2.22. The molecule has 0 spiro atoms. The smallest absolute Gasteiger partial charge is 0.229 e. The van der Waals surface area contributed by atoms with Crippen LogP contribution in [0.4, 0.5) is 17.5 Å². The monoisotopic (exact) mass is 396 g/mol. The van der Waals surface area contributed by atoms with Crippen LogP contribution >= 0.6 is 0 Å². The number of likely N-dealkylation sites (tertiary alicyclic amines) is 1. The molecule has 0 radical (unpaired) electrons. The van der Waals surface area contributed by atoms with Gasteiger partial charge < -0.3 is 25.5 Å². The lowest BCUT2D eigenvalue weighted by Gasteiger charge is -2.27. The molecule has 3 N–H and O–H groups in total. The number of anilines is 3. The third-order valence-electron chi connectivity index (χ3n) is 5.05. The third kappa shape index (κ3) is 4.65. The molecule has 0 saturated carbocycles. The van der Waals surface area contributed by atoms with E-state index in [1.807, 2.05) is 52.2 Å². The number of rotatable bonds is 5. The van der Waals surface area contributed by atoms with E-state index in [9.17, 15) is 5.21 Å². The van der Waals surface area contributed by atoms with Crippen molar-refractivity contribution in [2.75, 3.05) is 44.9 Å². The summed E-state index contributed by atoms with van der Waals surface area (Å²) in [7, 11) is 5.50. The van der Waals surface area contributed by atoms with Crippen molar-refractivity contribution < 1.29 is 9.94 Å². The maximum atomic E-state index is 9.49. The fourth-order valence-electron chi connectivity index (χ4n) is 3.50. The van der Waals surface area contributed by atoms with Gasteiger partial charge in [0.15, 0.2) is 0 Å². The third-order valence-corrected chi connectivity index (χ3v) is 5.05. The highest BCUT2D eigenvalue weighted by Crippen LogP contribution is 2.33. The van der Waals surface area contributed by atoms with Crippen molar-refractivity contribution in [3.05, 3.63) is 41.1 Å². The largest absolute Gasteiger partial charge is 0.496 e. The first-order chi connectivity index (χ1) is 13.9. The fraction of sp³-hybridized carbons (Fsp3) is 0.381. The highest BCUT2D eigenvalue weighted by molar-refractivity contribution is 6.08. The zero-order valence-electron chi connectivity index (χ0n) is 17.6. The Morgan fingerprint density at radius 3 is 2.76 bits per heavy atom. The molecule has 2 heterocycles. The second-order valence-corrected chi connectivity index (χ2v) is 7.15. The summed E-state index contributed by atoms with van der Waals surface area (Å²) in [6, 6.07) is 7.75. The van der Waals surface area contributed by atoms with Crippen LogP contribution in [0.25, 0.3) is 5.57 Å². The van der Waals surface area contributed by atoms with Gasteiger partial charge in [-0.05, 0) is 56.7 Å². The van der Waals surface area contributed by atoms with Crippen LogP contribution in [0.1, 0.15) is 24.6 Å². The Bertz CT molecular complexity index is 954. The van der Waals surface area contributed by atoms with Gasteiger partial charge in [0.25, 0.3) is 0 Å². The Balaban J connectivity index is 1.99. The Morgan fingerprint density at radius 1 is 1.28 bits per heavy atom. The molecule has 1 aromatic carbocycles. The summed E-state index contributed by atoms with van der Waals surface area (Å²) < 4.78 is 5.59. The molecule has 2 aromatic rings. The van der Waals surface area contributed by atoms with Crippen LogP contribution in [0.2, 0.25) is 0 Å². The van der Waals surface area contributed by atoms with Crippen molar-refractivity contribution in [1.82, 2.24) is 14.9 Å². The van der Waals surface area contributed by atoms with E-state index in [1.54, 1.807) is 7.11 Å². The number of oxime groups is 1. The van der Waals surface area contributed by atoms with E-state index >= 15 is 0 Å². The maximum absolute atomic E-state index is 9.49. The molecule has 29 heavy (non-hydrogen) atoms. The quantitative estimate of drug-likeness (QED) is 0.526. The molecule has 0 unspecified atom stereocenters. The molecule has 8 heteroatoms. The van der Waals surface area contributed by atoms with E-state index < -0.39 is 0 Å². The first-order valence-corrected chi connectivity index (χ1v) is 9.53. The number of methoxy groups -OCH3 is 1. The molecule has 8 nitrogen and oxygen atoms in total. The van der Waals surface area contributed by atoms with E-state index in [0.29, 0.717) is 18.2 Å². The highest BCUT2D eigenvalue weighted by atomic mass is 16.5.